The summed E-state index contributed by atoms with van der Waals surface area (Å²) in [5.74, 6) is -0.289. The molecule has 0 saturated heterocycles. The Balaban J connectivity index is 1.91. The first-order valence-corrected chi connectivity index (χ1v) is 8.68. The Bertz CT molecular complexity index is 965. The van der Waals surface area contributed by atoms with Gasteiger partial charge in [0.05, 0.1) is 16.8 Å². The molecule has 7 heteroatoms. The second-order valence-corrected chi connectivity index (χ2v) is 7.17. The molecule has 0 bridgehead atoms. The van der Waals surface area contributed by atoms with Crippen molar-refractivity contribution in [3.05, 3.63) is 71.9 Å². The molecule has 0 spiro atoms. The van der Waals surface area contributed by atoms with Crippen molar-refractivity contribution in [3.63, 3.8) is 0 Å². The maximum absolute atomic E-state index is 12.8. The lowest BCUT2D eigenvalue weighted by Gasteiger charge is -2.11. The monoisotopic (exact) mass is 344 g/mol. The molecular weight excluding hydrogens is 328 g/mol. The van der Waals surface area contributed by atoms with E-state index in [0.29, 0.717) is 16.8 Å². The maximum Gasteiger partial charge on any atom is 0.291 e. The van der Waals surface area contributed by atoms with Crippen LogP contribution in [-0.2, 0) is 10.0 Å². The van der Waals surface area contributed by atoms with Crippen LogP contribution < -0.4 is 5.32 Å². The van der Waals surface area contributed by atoms with E-state index < -0.39 is 15.9 Å². The summed E-state index contributed by atoms with van der Waals surface area (Å²) >= 11 is 0. The lowest BCUT2D eigenvalue weighted by molar-refractivity contribution is 0.0996. The number of benzene rings is 1. The minimum Gasteiger partial charge on any atom is -0.459 e. The zero-order valence-electron chi connectivity index (χ0n) is 13.2. The van der Waals surface area contributed by atoms with Gasteiger partial charge >= 0.3 is 0 Å². The van der Waals surface area contributed by atoms with Crippen LogP contribution in [-0.4, -0.2) is 18.3 Å². The number of rotatable bonds is 4. The molecule has 0 fully saturated rings. The number of carbonyl (C=O) groups excluding carboxylic acids is 1. The second kappa shape index (κ2) is 6.01. The summed E-state index contributed by atoms with van der Waals surface area (Å²) in [7, 11) is -3.73. The lowest BCUT2D eigenvalue weighted by Crippen LogP contribution is -2.14. The van der Waals surface area contributed by atoms with Crippen LogP contribution in [0.3, 0.4) is 0 Å². The van der Waals surface area contributed by atoms with E-state index in [4.69, 9.17) is 4.42 Å². The fraction of sp³-hybridized carbons (Fsp3) is 0.118. The highest BCUT2D eigenvalue weighted by atomic mass is 32.2. The first kappa shape index (κ1) is 16.1. The van der Waals surface area contributed by atoms with Gasteiger partial charge in [-0.05, 0) is 43.2 Å². The van der Waals surface area contributed by atoms with E-state index in [2.05, 4.69) is 5.32 Å². The van der Waals surface area contributed by atoms with E-state index in [0.717, 1.165) is 3.97 Å². The molecule has 0 atom stereocenters. The summed E-state index contributed by atoms with van der Waals surface area (Å²) in [5, 5.41) is 2.60. The first-order chi connectivity index (χ1) is 11.4. The Morgan fingerprint density at radius 3 is 2.42 bits per heavy atom. The van der Waals surface area contributed by atoms with E-state index >= 15 is 0 Å². The number of nitrogens with one attached hydrogen (secondary N) is 1. The lowest BCUT2D eigenvalue weighted by atomic mass is 10.2. The third-order valence-corrected chi connectivity index (χ3v) is 5.56. The minimum absolute atomic E-state index is 0.153. The molecule has 1 aromatic carbocycles. The van der Waals surface area contributed by atoms with Gasteiger partial charge in [-0.3, -0.25) is 4.79 Å². The molecule has 1 N–H and O–H groups in total. The number of aryl methyl sites for hydroxylation is 2. The highest BCUT2D eigenvalue weighted by molar-refractivity contribution is 7.90. The SMILES string of the molecule is Cc1cccc(C)c1S(=O)(=O)n1ccc(NC(=O)c2ccco2)c1. The number of furan rings is 1. The maximum atomic E-state index is 12.8. The number of nitrogens with zero attached hydrogens (tertiary/aromatic N) is 1. The van der Waals surface area contributed by atoms with Crippen LogP contribution in [0, 0.1) is 13.8 Å². The summed E-state index contributed by atoms with van der Waals surface area (Å²) < 4.78 is 31.8. The zero-order chi connectivity index (χ0) is 17.3. The number of anilines is 1. The van der Waals surface area contributed by atoms with Gasteiger partial charge in [0, 0.05) is 12.4 Å². The van der Waals surface area contributed by atoms with Crippen LogP contribution in [0.5, 0.6) is 0 Å². The average molecular weight is 344 g/mol. The molecule has 3 aromatic rings. The fourth-order valence-electron chi connectivity index (χ4n) is 2.51. The Morgan fingerprint density at radius 2 is 1.79 bits per heavy atom. The molecule has 24 heavy (non-hydrogen) atoms. The highest BCUT2D eigenvalue weighted by Crippen LogP contribution is 2.24. The van der Waals surface area contributed by atoms with E-state index in [1.54, 1.807) is 32.0 Å². The summed E-state index contributed by atoms with van der Waals surface area (Å²) in [4.78, 5) is 12.2. The molecule has 0 aliphatic rings. The summed E-state index contributed by atoms with van der Waals surface area (Å²) in [6.45, 7) is 3.51. The normalized spacial score (nSPS) is 11.4. The van der Waals surface area contributed by atoms with Gasteiger partial charge in [-0.1, -0.05) is 18.2 Å². The Hall–Kier alpha value is -2.80. The molecule has 1 amide bonds. The number of amides is 1. The van der Waals surface area contributed by atoms with Crippen molar-refractivity contribution in [1.82, 2.24) is 3.97 Å². The third kappa shape index (κ3) is 2.85. The molecule has 0 unspecified atom stereocenters. The molecule has 2 aromatic heterocycles. The summed E-state index contributed by atoms with van der Waals surface area (Å²) in [5.41, 5.74) is 1.71. The van der Waals surface area contributed by atoms with Crippen LogP contribution in [0.4, 0.5) is 5.69 Å². The summed E-state index contributed by atoms with van der Waals surface area (Å²) in [6, 6.07) is 9.97. The molecule has 0 aliphatic carbocycles. The molecular formula is C17H16N2O4S. The predicted molar refractivity (Wildman–Crippen MR) is 89.6 cm³/mol. The Kier molecular flexibility index (Phi) is 4.02. The van der Waals surface area contributed by atoms with Crippen molar-refractivity contribution in [2.24, 2.45) is 0 Å². The van der Waals surface area contributed by atoms with Crippen molar-refractivity contribution >= 4 is 21.6 Å². The predicted octanol–water partition coefficient (Wildman–Crippen LogP) is 3.19. The van der Waals surface area contributed by atoms with Crippen molar-refractivity contribution in [2.75, 3.05) is 5.32 Å². The van der Waals surface area contributed by atoms with Crippen LogP contribution in [0.1, 0.15) is 21.7 Å². The fourth-order valence-corrected chi connectivity index (χ4v) is 4.15. The first-order valence-electron chi connectivity index (χ1n) is 7.24. The van der Waals surface area contributed by atoms with Crippen LogP contribution in [0.2, 0.25) is 0 Å². The highest BCUT2D eigenvalue weighted by Gasteiger charge is 2.21. The molecule has 3 rings (SSSR count). The van der Waals surface area contributed by atoms with Gasteiger partial charge in [-0.15, -0.1) is 0 Å². The molecule has 0 saturated carbocycles. The number of hydrogen-bond acceptors (Lipinski definition) is 4. The average Bonchev–Trinajstić information content (AvgIpc) is 3.18. The molecule has 124 valence electrons. The molecule has 0 aliphatic heterocycles. The molecule has 2 heterocycles. The van der Waals surface area contributed by atoms with Crippen molar-refractivity contribution < 1.29 is 17.6 Å². The van der Waals surface area contributed by atoms with E-state index in [1.807, 2.05) is 6.07 Å². The van der Waals surface area contributed by atoms with Crippen LogP contribution in [0.25, 0.3) is 0 Å². The van der Waals surface area contributed by atoms with Gasteiger partial charge in [-0.25, -0.2) is 12.4 Å². The standard InChI is InChI=1S/C17H16N2O4S/c1-12-5-3-6-13(2)16(12)24(21,22)19-9-8-14(11-19)18-17(20)15-7-4-10-23-15/h3-11H,1-2H3,(H,18,20). The number of carbonyl (C=O) groups is 1. The largest absolute Gasteiger partial charge is 0.459 e. The van der Waals surface area contributed by atoms with E-state index in [9.17, 15) is 13.2 Å². The van der Waals surface area contributed by atoms with Crippen molar-refractivity contribution in [1.29, 1.82) is 0 Å². The van der Waals surface area contributed by atoms with E-state index in [-0.39, 0.29) is 10.7 Å². The zero-order valence-corrected chi connectivity index (χ0v) is 14.0. The molecule has 6 nitrogen and oxygen atoms in total. The Labute approximate surface area is 139 Å². The van der Waals surface area contributed by atoms with Crippen LogP contribution in [0.15, 0.2) is 64.4 Å². The van der Waals surface area contributed by atoms with Crippen molar-refractivity contribution in [3.8, 4) is 0 Å². The van der Waals surface area contributed by atoms with Gasteiger partial charge in [0.15, 0.2) is 5.76 Å². The van der Waals surface area contributed by atoms with Gasteiger partial charge in [0.2, 0.25) is 0 Å². The quantitative estimate of drug-likeness (QED) is 0.788. The van der Waals surface area contributed by atoms with Gasteiger partial charge in [0.25, 0.3) is 15.9 Å². The number of aromatic nitrogens is 1. The van der Waals surface area contributed by atoms with Gasteiger partial charge < -0.3 is 9.73 Å². The topological polar surface area (TPSA) is 81.3 Å². The van der Waals surface area contributed by atoms with Crippen molar-refractivity contribution in [2.45, 2.75) is 18.7 Å². The minimum atomic E-state index is -3.73. The Morgan fingerprint density at radius 1 is 1.08 bits per heavy atom. The smallest absolute Gasteiger partial charge is 0.291 e. The second-order valence-electron chi connectivity index (χ2n) is 5.39. The molecule has 0 radical (unpaired) electrons. The van der Waals surface area contributed by atoms with Gasteiger partial charge in [-0.2, -0.15) is 0 Å². The van der Waals surface area contributed by atoms with Crippen LogP contribution >= 0.6 is 0 Å². The van der Waals surface area contributed by atoms with Gasteiger partial charge in [0.1, 0.15) is 0 Å². The summed E-state index contributed by atoms with van der Waals surface area (Å²) in [6.07, 6.45) is 4.16. The number of hydrogen-bond donors (Lipinski definition) is 1. The third-order valence-electron chi connectivity index (χ3n) is 3.61. The van der Waals surface area contributed by atoms with E-state index in [1.165, 1.54) is 30.8 Å².